The van der Waals surface area contributed by atoms with Crippen LogP contribution in [-0.4, -0.2) is 18.9 Å². The first-order valence-corrected chi connectivity index (χ1v) is 4.84. The van der Waals surface area contributed by atoms with Crippen molar-refractivity contribution >= 4 is 5.97 Å². The summed E-state index contributed by atoms with van der Waals surface area (Å²) >= 11 is 0. The molecular formula is C11H16O4. The second-order valence-electron chi connectivity index (χ2n) is 3.55. The smallest absolute Gasteiger partial charge is 0.333 e. The molecule has 84 valence electrons. The maximum atomic E-state index is 11.1. The van der Waals surface area contributed by atoms with Crippen molar-refractivity contribution in [3.05, 3.63) is 23.7 Å². The van der Waals surface area contributed by atoms with Crippen LogP contribution in [0.2, 0.25) is 0 Å². The van der Waals surface area contributed by atoms with Crippen LogP contribution < -0.4 is 0 Å². The van der Waals surface area contributed by atoms with E-state index >= 15 is 0 Å². The number of allylic oxidation sites excluding steroid dienone is 1. The lowest BCUT2D eigenvalue weighted by Gasteiger charge is -2.21. The second-order valence-corrected chi connectivity index (χ2v) is 3.55. The van der Waals surface area contributed by atoms with E-state index in [1.165, 1.54) is 13.4 Å². The zero-order chi connectivity index (χ0) is 11.5. The normalized spacial score (nSPS) is 25.3. The molecule has 1 heterocycles. The number of esters is 1. The lowest BCUT2D eigenvalue weighted by molar-refractivity contribution is -0.137. The molecule has 0 saturated heterocycles. The van der Waals surface area contributed by atoms with Gasteiger partial charge in [-0.05, 0) is 13.0 Å². The Bertz CT molecular complexity index is 317. The molecule has 0 radical (unpaired) electrons. The number of hydrogen-bond acceptors (Lipinski definition) is 4. The number of hydrogen-bond donors (Lipinski definition) is 0. The highest BCUT2D eigenvalue weighted by Crippen LogP contribution is 2.28. The number of rotatable bonds is 3. The fourth-order valence-corrected chi connectivity index (χ4v) is 1.13. The highest BCUT2D eigenvalue weighted by molar-refractivity contribution is 5.88. The van der Waals surface area contributed by atoms with Gasteiger partial charge in [-0.1, -0.05) is 6.92 Å². The maximum absolute atomic E-state index is 11.1. The Morgan fingerprint density at radius 2 is 2.33 bits per heavy atom. The third kappa shape index (κ3) is 2.75. The van der Waals surface area contributed by atoms with Crippen LogP contribution >= 0.6 is 0 Å². The van der Waals surface area contributed by atoms with Gasteiger partial charge in [-0.3, -0.25) is 0 Å². The van der Waals surface area contributed by atoms with Gasteiger partial charge in [-0.2, -0.15) is 0 Å². The summed E-state index contributed by atoms with van der Waals surface area (Å²) in [6.07, 6.45) is 3.85. The van der Waals surface area contributed by atoms with Gasteiger partial charge in [0, 0.05) is 18.9 Å². The first kappa shape index (κ1) is 11.6. The zero-order valence-corrected chi connectivity index (χ0v) is 9.49. The molecule has 0 spiro atoms. The summed E-state index contributed by atoms with van der Waals surface area (Å²) in [6, 6.07) is 0. The van der Waals surface area contributed by atoms with Gasteiger partial charge in [0.2, 0.25) is 5.79 Å². The quantitative estimate of drug-likeness (QED) is 0.531. The van der Waals surface area contributed by atoms with E-state index in [4.69, 9.17) is 9.47 Å². The van der Waals surface area contributed by atoms with E-state index in [0.29, 0.717) is 11.3 Å². The van der Waals surface area contributed by atoms with E-state index in [1.54, 1.807) is 13.0 Å². The maximum Gasteiger partial charge on any atom is 0.333 e. The number of ether oxygens (including phenoxy) is 3. The predicted octanol–water partition coefficient (Wildman–Crippen LogP) is 2.12. The van der Waals surface area contributed by atoms with Gasteiger partial charge in [0.1, 0.15) is 6.26 Å². The molecule has 1 atom stereocenters. The van der Waals surface area contributed by atoms with Crippen LogP contribution in [0.3, 0.4) is 0 Å². The Kier molecular flexibility index (Phi) is 3.39. The highest BCUT2D eigenvalue weighted by Gasteiger charge is 2.30. The van der Waals surface area contributed by atoms with E-state index in [0.717, 1.165) is 6.42 Å². The van der Waals surface area contributed by atoms with Gasteiger partial charge >= 0.3 is 5.97 Å². The molecule has 1 unspecified atom stereocenters. The summed E-state index contributed by atoms with van der Waals surface area (Å²) in [4.78, 5) is 11.1. The first-order chi connectivity index (χ1) is 7.00. The second kappa shape index (κ2) is 4.38. The number of carbonyl (C=O) groups is 1. The summed E-state index contributed by atoms with van der Waals surface area (Å²) in [5, 5.41) is 0. The van der Waals surface area contributed by atoms with Crippen LogP contribution in [0.1, 0.15) is 27.2 Å². The first-order valence-electron chi connectivity index (χ1n) is 4.84. The lowest BCUT2D eigenvalue weighted by Crippen LogP contribution is -2.24. The van der Waals surface area contributed by atoms with Crippen LogP contribution in [0.25, 0.3) is 0 Å². The topological polar surface area (TPSA) is 44.8 Å². The molecular weight excluding hydrogens is 196 g/mol. The van der Waals surface area contributed by atoms with Crippen molar-refractivity contribution in [3.63, 3.8) is 0 Å². The molecule has 1 rings (SSSR count). The lowest BCUT2D eigenvalue weighted by atomic mass is 10.2. The van der Waals surface area contributed by atoms with Crippen molar-refractivity contribution in [3.8, 4) is 0 Å². The van der Waals surface area contributed by atoms with Crippen LogP contribution in [-0.2, 0) is 19.0 Å². The van der Waals surface area contributed by atoms with Crippen molar-refractivity contribution in [2.24, 2.45) is 0 Å². The summed E-state index contributed by atoms with van der Waals surface area (Å²) < 4.78 is 15.4. The molecule has 1 aliphatic rings. The van der Waals surface area contributed by atoms with Gasteiger partial charge < -0.3 is 14.2 Å². The van der Waals surface area contributed by atoms with Crippen molar-refractivity contribution in [1.82, 2.24) is 0 Å². The standard InChI is InChI=1S/C11H16O4/c1-5-11(3)14-7-9(15-11)6-8(2)10(12)13-4/h6-7H,5H2,1-4H3. The zero-order valence-electron chi connectivity index (χ0n) is 9.49. The number of carbonyl (C=O) groups excluding carboxylic acids is 1. The molecule has 4 heteroatoms. The molecule has 15 heavy (non-hydrogen) atoms. The minimum Gasteiger partial charge on any atom is -0.466 e. The summed E-state index contributed by atoms with van der Waals surface area (Å²) in [6.45, 7) is 5.48. The molecule has 0 N–H and O–H groups in total. The van der Waals surface area contributed by atoms with Gasteiger partial charge in [-0.25, -0.2) is 4.79 Å². The minimum absolute atomic E-state index is 0.371. The fourth-order valence-electron chi connectivity index (χ4n) is 1.13. The summed E-state index contributed by atoms with van der Waals surface area (Å²) in [5.74, 6) is -0.436. The fraction of sp³-hybridized carbons (Fsp3) is 0.545. The van der Waals surface area contributed by atoms with Crippen LogP contribution in [0.5, 0.6) is 0 Å². The Labute approximate surface area is 89.5 Å². The van der Waals surface area contributed by atoms with Crippen molar-refractivity contribution in [1.29, 1.82) is 0 Å². The van der Waals surface area contributed by atoms with Crippen LogP contribution in [0, 0.1) is 0 Å². The largest absolute Gasteiger partial charge is 0.466 e. The van der Waals surface area contributed by atoms with Crippen molar-refractivity contribution < 1.29 is 19.0 Å². The van der Waals surface area contributed by atoms with Gasteiger partial charge in [0.05, 0.1) is 7.11 Å². The molecule has 0 fully saturated rings. The molecule has 0 aromatic rings. The summed E-state index contributed by atoms with van der Waals surface area (Å²) in [7, 11) is 1.34. The Hall–Kier alpha value is -1.45. The van der Waals surface area contributed by atoms with E-state index < -0.39 is 5.79 Å². The van der Waals surface area contributed by atoms with E-state index in [-0.39, 0.29) is 5.97 Å². The highest BCUT2D eigenvalue weighted by atomic mass is 16.7. The Morgan fingerprint density at radius 1 is 1.67 bits per heavy atom. The summed E-state index contributed by atoms with van der Waals surface area (Å²) in [5.41, 5.74) is 0.479. The molecule has 0 aliphatic carbocycles. The molecule has 0 amide bonds. The van der Waals surface area contributed by atoms with E-state index in [2.05, 4.69) is 4.74 Å². The average molecular weight is 212 g/mol. The van der Waals surface area contributed by atoms with E-state index in [9.17, 15) is 4.79 Å². The van der Waals surface area contributed by atoms with E-state index in [1.807, 2.05) is 13.8 Å². The molecule has 0 aromatic carbocycles. The molecule has 0 bridgehead atoms. The van der Waals surface area contributed by atoms with Crippen molar-refractivity contribution in [2.45, 2.75) is 33.0 Å². The monoisotopic (exact) mass is 212 g/mol. The molecule has 1 aliphatic heterocycles. The number of methoxy groups -OCH3 is 1. The van der Waals surface area contributed by atoms with Crippen LogP contribution in [0.15, 0.2) is 23.7 Å². The molecule has 0 aromatic heterocycles. The van der Waals surface area contributed by atoms with Gasteiger partial charge in [0.25, 0.3) is 0 Å². The van der Waals surface area contributed by atoms with Crippen molar-refractivity contribution in [2.75, 3.05) is 7.11 Å². The minimum atomic E-state index is -0.609. The third-order valence-corrected chi connectivity index (χ3v) is 2.27. The molecule has 4 nitrogen and oxygen atoms in total. The van der Waals surface area contributed by atoms with Gasteiger partial charge in [0.15, 0.2) is 5.76 Å². The van der Waals surface area contributed by atoms with Gasteiger partial charge in [-0.15, -0.1) is 0 Å². The Balaban J connectivity index is 2.66. The molecule has 0 saturated carbocycles. The SMILES string of the molecule is CCC1(C)OC=C(C=C(C)C(=O)OC)O1. The average Bonchev–Trinajstić information content (AvgIpc) is 2.60. The third-order valence-electron chi connectivity index (χ3n) is 2.27. The van der Waals surface area contributed by atoms with Crippen LogP contribution in [0.4, 0.5) is 0 Å². The predicted molar refractivity (Wildman–Crippen MR) is 54.7 cm³/mol. The Morgan fingerprint density at radius 3 is 2.80 bits per heavy atom.